The first-order valence-corrected chi connectivity index (χ1v) is 6.75. The normalized spacial score (nSPS) is 12.2. The van der Waals surface area contributed by atoms with Gasteiger partial charge in [-0.05, 0) is 36.2 Å². The van der Waals surface area contributed by atoms with Crippen molar-refractivity contribution in [1.29, 1.82) is 0 Å². The highest BCUT2D eigenvalue weighted by Crippen LogP contribution is 2.23. The van der Waals surface area contributed by atoms with E-state index in [1.165, 1.54) is 16.6 Å². The van der Waals surface area contributed by atoms with Gasteiger partial charge in [0.05, 0.1) is 5.52 Å². The number of aromatic nitrogens is 1. The summed E-state index contributed by atoms with van der Waals surface area (Å²) < 4.78 is 0. The van der Waals surface area contributed by atoms with Gasteiger partial charge in [-0.2, -0.15) is 0 Å². The first kappa shape index (κ1) is 12.5. The van der Waals surface area contributed by atoms with E-state index in [-0.39, 0.29) is 0 Å². The van der Waals surface area contributed by atoms with Gasteiger partial charge in [0.15, 0.2) is 0 Å². The van der Waals surface area contributed by atoms with Crippen molar-refractivity contribution in [3.8, 4) is 0 Å². The van der Waals surface area contributed by atoms with Gasteiger partial charge < -0.3 is 11.1 Å². The molecule has 1 aliphatic rings. The third-order valence-electron chi connectivity index (χ3n) is 3.36. The Morgan fingerprint density at radius 3 is 2.75 bits per heavy atom. The number of nitrogens with two attached hydrogens (primary N) is 1. The fourth-order valence-corrected chi connectivity index (χ4v) is 2.32. The highest BCUT2D eigenvalue weighted by atomic mass is 14.9. The smallest absolute Gasteiger partial charge is 0.0701 e. The second-order valence-electron chi connectivity index (χ2n) is 4.79. The number of anilines is 2. The lowest BCUT2D eigenvalue weighted by Gasteiger charge is -1.98. The molecule has 100 valence electrons. The topological polar surface area (TPSA) is 50.9 Å². The molecule has 0 saturated heterocycles. The van der Waals surface area contributed by atoms with Crippen molar-refractivity contribution < 1.29 is 0 Å². The van der Waals surface area contributed by atoms with Crippen molar-refractivity contribution in [2.24, 2.45) is 0 Å². The number of fused-ring (bicyclic) bond motifs is 2. The van der Waals surface area contributed by atoms with E-state index >= 15 is 0 Å². The van der Waals surface area contributed by atoms with Gasteiger partial charge in [0.2, 0.25) is 0 Å². The zero-order valence-corrected chi connectivity index (χ0v) is 11.2. The summed E-state index contributed by atoms with van der Waals surface area (Å²) in [4.78, 5) is 4.18. The Labute approximate surface area is 118 Å². The summed E-state index contributed by atoms with van der Waals surface area (Å²) in [5.41, 5.74) is 10.1. The predicted molar refractivity (Wildman–Crippen MR) is 84.8 cm³/mol. The maximum absolute atomic E-state index is 5.59. The first-order chi connectivity index (χ1) is 9.83. The van der Waals surface area contributed by atoms with E-state index in [0.717, 1.165) is 24.2 Å². The van der Waals surface area contributed by atoms with Crippen LogP contribution in [0.5, 0.6) is 0 Å². The maximum Gasteiger partial charge on any atom is 0.0701 e. The van der Waals surface area contributed by atoms with Crippen LogP contribution in [0.15, 0.2) is 60.8 Å². The van der Waals surface area contributed by atoms with E-state index < -0.39 is 0 Å². The third-order valence-corrected chi connectivity index (χ3v) is 3.36. The predicted octanol–water partition coefficient (Wildman–Crippen LogP) is 3.47. The van der Waals surface area contributed by atoms with Crippen LogP contribution in [0.2, 0.25) is 0 Å². The molecule has 0 spiro atoms. The van der Waals surface area contributed by atoms with Crippen LogP contribution in [-0.4, -0.2) is 11.5 Å². The minimum atomic E-state index is 0.841. The van der Waals surface area contributed by atoms with Gasteiger partial charge in [-0.25, -0.2) is 0 Å². The maximum atomic E-state index is 5.59. The molecule has 3 nitrogen and oxygen atoms in total. The summed E-state index contributed by atoms with van der Waals surface area (Å²) in [6, 6.07) is 18.1. The molecule has 0 radical (unpaired) electrons. The molecule has 3 heteroatoms. The van der Waals surface area contributed by atoms with Gasteiger partial charge in [-0.15, -0.1) is 0 Å². The Kier molecular flexibility index (Phi) is 3.50. The number of hydrogen-bond acceptors (Lipinski definition) is 3. The molecule has 4 rings (SSSR count). The molecule has 0 bridgehead atoms. The molecule has 2 heterocycles. The molecule has 0 unspecified atom stereocenters. The van der Waals surface area contributed by atoms with E-state index in [0.29, 0.717) is 0 Å². The lowest BCUT2D eigenvalue weighted by atomic mass is 10.1. The largest absolute Gasteiger partial charge is 0.399 e. The zero-order valence-electron chi connectivity index (χ0n) is 11.2. The minimum Gasteiger partial charge on any atom is -0.399 e. The highest BCUT2D eigenvalue weighted by Gasteiger charge is 2.07. The van der Waals surface area contributed by atoms with Crippen LogP contribution in [0.1, 0.15) is 5.56 Å². The van der Waals surface area contributed by atoms with Gasteiger partial charge >= 0.3 is 0 Å². The Bertz CT molecular complexity index is 657. The second-order valence-corrected chi connectivity index (χ2v) is 4.79. The summed E-state index contributed by atoms with van der Waals surface area (Å²) >= 11 is 0. The highest BCUT2D eigenvalue weighted by molar-refractivity contribution is 5.77. The van der Waals surface area contributed by atoms with Gasteiger partial charge in [0, 0.05) is 29.5 Å². The van der Waals surface area contributed by atoms with Crippen LogP contribution in [0, 0.1) is 0 Å². The van der Waals surface area contributed by atoms with Gasteiger partial charge in [0.1, 0.15) is 0 Å². The summed E-state index contributed by atoms with van der Waals surface area (Å²) in [5, 5.41) is 4.46. The van der Waals surface area contributed by atoms with E-state index in [9.17, 15) is 0 Å². The average Bonchev–Trinajstić information content (AvgIpc) is 2.95. The lowest BCUT2D eigenvalue weighted by molar-refractivity contribution is 1.11. The molecule has 0 fully saturated rings. The molecule has 0 atom stereocenters. The van der Waals surface area contributed by atoms with Crippen molar-refractivity contribution in [2.45, 2.75) is 6.42 Å². The molecular formula is C17H17N3. The Morgan fingerprint density at radius 2 is 1.85 bits per heavy atom. The number of benzene rings is 2. The van der Waals surface area contributed by atoms with E-state index in [1.54, 1.807) is 0 Å². The molecule has 1 aromatic heterocycles. The fourth-order valence-electron chi connectivity index (χ4n) is 2.32. The summed E-state index contributed by atoms with van der Waals surface area (Å²) in [5.74, 6) is 0. The SMILES string of the molecule is Nc1ccc2c(c1)NCC2.c1ccc2ncccc2c1. The Morgan fingerprint density at radius 1 is 1.00 bits per heavy atom. The monoisotopic (exact) mass is 263 g/mol. The van der Waals surface area contributed by atoms with Crippen LogP contribution in [0.4, 0.5) is 11.4 Å². The summed E-state index contributed by atoms with van der Waals surface area (Å²) in [6.07, 6.45) is 2.94. The van der Waals surface area contributed by atoms with Crippen LogP contribution in [-0.2, 0) is 6.42 Å². The van der Waals surface area contributed by atoms with Gasteiger partial charge in [-0.1, -0.05) is 30.3 Å². The van der Waals surface area contributed by atoms with Gasteiger partial charge in [0.25, 0.3) is 0 Å². The van der Waals surface area contributed by atoms with Crippen molar-refractivity contribution in [3.05, 3.63) is 66.4 Å². The van der Waals surface area contributed by atoms with Crippen molar-refractivity contribution in [1.82, 2.24) is 4.98 Å². The van der Waals surface area contributed by atoms with Crippen molar-refractivity contribution in [2.75, 3.05) is 17.6 Å². The molecule has 2 aromatic carbocycles. The quantitative estimate of drug-likeness (QED) is 0.611. The molecule has 1 aliphatic heterocycles. The lowest BCUT2D eigenvalue weighted by Crippen LogP contribution is -1.91. The number of hydrogen-bond donors (Lipinski definition) is 2. The van der Waals surface area contributed by atoms with Gasteiger partial charge in [-0.3, -0.25) is 4.98 Å². The molecule has 3 N–H and O–H groups in total. The third kappa shape index (κ3) is 2.72. The molecular weight excluding hydrogens is 246 g/mol. The second kappa shape index (κ2) is 5.61. The average molecular weight is 263 g/mol. The molecule has 0 aliphatic carbocycles. The number of rotatable bonds is 0. The molecule has 3 aromatic rings. The van der Waals surface area contributed by atoms with Crippen molar-refractivity contribution >= 4 is 22.3 Å². The summed E-state index contributed by atoms with van der Waals surface area (Å²) in [6.45, 7) is 1.05. The van der Waals surface area contributed by atoms with Crippen LogP contribution >= 0.6 is 0 Å². The molecule has 0 saturated carbocycles. The van der Waals surface area contributed by atoms with Crippen LogP contribution in [0.25, 0.3) is 10.9 Å². The van der Waals surface area contributed by atoms with Crippen LogP contribution < -0.4 is 11.1 Å². The van der Waals surface area contributed by atoms with E-state index in [4.69, 9.17) is 5.73 Å². The molecule has 0 amide bonds. The zero-order chi connectivity index (χ0) is 13.8. The van der Waals surface area contributed by atoms with Crippen molar-refractivity contribution in [3.63, 3.8) is 0 Å². The Balaban J connectivity index is 0.000000121. The number of nitrogen functional groups attached to an aromatic ring is 1. The van der Waals surface area contributed by atoms with E-state index in [2.05, 4.69) is 28.5 Å². The number of para-hydroxylation sites is 1. The number of nitrogens with one attached hydrogen (secondary N) is 1. The number of nitrogens with zero attached hydrogens (tertiary/aromatic N) is 1. The molecule has 20 heavy (non-hydrogen) atoms. The van der Waals surface area contributed by atoms with Crippen LogP contribution in [0.3, 0.4) is 0 Å². The number of pyridine rings is 1. The minimum absolute atomic E-state index is 0.841. The first-order valence-electron chi connectivity index (χ1n) is 6.75. The van der Waals surface area contributed by atoms with E-state index in [1.807, 2.05) is 42.6 Å². The summed E-state index contributed by atoms with van der Waals surface area (Å²) in [7, 11) is 0. The fraction of sp³-hybridized carbons (Fsp3) is 0.118. The standard InChI is InChI=1S/C9H7N.C8H10N2/c1-2-6-9-8(4-1)5-3-7-10-9;9-7-2-1-6-3-4-10-8(6)5-7/h1-7H;1-2,5,10H,3-4,9H2. The Hall–Kier alpha value is -2.55.